The van der Waals surface area contributed by atoms with Gasteiger partial charge >= 0.3 is 0 Å². The van der Waals surface area contributed by atoms with Crippen LogP contribution in [0.5, 0.6) is 0 Å². The Balaban J connectivity index is 2.05. The molecule has 0 radical (unpaired) electrons. The molecule has 0 aliphatic rings. The summed E-state index contributed by atoms with van der Waals surface area (Å²) in [6, 6.07) is 2.17. The zero-order valence-electron chi connectivity index (χ0n) is 11.6. The molecule has 102 valence electrons. The summed E-state index contributed by atoms with van der Waals surface area (Å²) in [6.45, 7) is 6.15. The maximum Gasteiger partial charge on any atom is 0.197 e. The SMILES string of the molecule is CCCNCc1cnc(Sc2nncn2C)c(C)c1. The van der Waals surface area contributed by atoms with E-state index in [1.807, 2.05) is 17.8 Å². The Morgan fingerprint density at radius 3 is 2.89 bits per heavy atom. The third-order valence-electron chi connectivity index (χ3n) is 2.70. The van der Waals surface area contributed by atoms with E-state index in [0.29, 0.717) is 0 Å². The monoisotopic (exact) mass is 277 g/mol. The molecule has 0 fully saturated rings. The lowest BCUT2D eigenvalue weighted by Crippen LogP contribution is -2.14. The summed E-state index contributed by atoms with van der Waals surface area (Å²) in [5, 5.41) is 13.1. The van der Waals surface area contributed by atoms with Gasteiger partial charge in [-0.15, -0.1) is 10.2 Å². The van der Waals surface area contributed by atoms with E-state index in [9.17, 15) is 0 Å². The maximum absolute atomic E-state index is 4.51. The molecule has 2 aromatic heterocycles. The lowest BCUT2D eigenvalue weighted by atomic mass is 10.2. The molecule has 0 saturated carbocycles. The second-order valence-electron chi connectivity index (χ2n) is 4.47. The molecule has 0 aliphatic heterocycles. The second-order valence-corrected chi connectivity index (χ2v) is 5.42. The molecule has 0 saturated heterocycles. The Morgan fingerprint density at radius 1 is 1.42 bits per heavy atom. The summed E-state index contributed by atoms with van der Waals surface area (Å²) in [4.78, 5) is 4.51. The summed E-state index contributed by atoms with van der Waals surface area (Å²) < 4.78 is 1.89. The first-order valence-corrected chi connectivity index (χ1v) is 7.20. The lowest BCUT2D eigenvalue weighted by Gasteiger charge is -2.07. The molecular formula is C13H19N5S. The van der Waals surface area contributed by atoms with Crippen molar-refractivity contribution in [1.82, 2.24) is 25.1 Å². The van der Waals surface area contributed by atoms with E-state index < -0.39 is 0 Å². The molecule has 0 spiro atoms. The number of pyridine rings is 1. The van der Waals surface area contributed by atoms with Crippen molar-refractivity contribution in [1.29, 1.82) is 0 Å². The van der Waals surface area contributed by atoms with Crippen LogP contribution in [0.15, 0.2) is 28.8 Å². The smallest absolute Gasteiger partial charge is 0.197 e. The van der Waals surface area contributed by atoms with Gasteiger partial charge in [-0.2, -0.15) is 0 Å². The first-order chi connectivity index (χ1) is 9.20. The Kier molecular flexibility index (Phi) is 4.93. The van der Waals surface area contributed by atoms with Crippen LogP contribution < -0.4 is 5.32 Å². The second kappa shape index (κ2) is 6.68. The van der Waals surface area contributed by atoms with Gasteiger partial charge in [0.25, 0.3) is 0 Å². The molecular weight excluding hydrogens is 258 g/mol. The van der Waals surface area contributed by atoms with E-state index >= 15 is 0 Å². The zero-order valence-corrected chi connectivity index (χ0v) is 12.4. The largest absolute Gasteiger partial charge is 0.313 e. The first kappa shape index (κ1) is 14.0. The fourth-order valence-corrected chi connectivity index (χ4v) is 2.46. The Bertz CT molecular complexity index is 538. The molecule has 1 N–H and O–H groups in total. The number of hydrogen-bond acceptors (Lipinski definition) is 5. The molecule has 0 atom stereocenters. The highest BCUT2D eigenvalue weighted by Gasteiger charge is 2.08. The highest BCUT2D eigenvalue weighted by atomic mass is 32.2. The summed E-state index contributed by atoms with van der Waals surface area (Å²) in [5.74, 6) is 0. The van der Waals surface area contributed by atoms with Crippen LogP contribution in [0, 0.1) is 6.92 Å². The molecule has 19 heavy (non-hydrogen) atoms. The average molecular weight is 277 g/mol. The van der Waals surface area contributed by atoms with Crippen LogP contribution >= 0.6 is 11.8 Å². The van der Waals surface area contributed by atoms with Crippen molar-refractivity contribution < 1.29 is 0 Å². The highest BCUT2D eigenvalue weighted by Crippen LogP contribution is 2.26. The minimum absolute atomic E-state index is 0.854. The standard InChI is InChI=1S/C13H19N5S/c1-4-5-14-7-11-6-10(2)12(15-8-11)19-13-17-16-9-18(13)3/h6,8-9,14H,4-5,7H2,1-3H3. The van der Waals surface area contributed by atoms with Gasteiger partial charge in [-0.05, 0) is 42.8 Å². The van der Waals surface area contributed by atoms with Crippen molar-refractivity contribution in [2.45, 2.75) is 37.0 Å². The van der Waals surface area contributed by atoms with E-state index in [4.69, 9.17) is 0 Å². The first-order valence-electron chi connectivity index (χ1n) is 6.38. The molecule has 0 amide bonds. The predicted octanol–water partition coefficient (Wildman–Crippen LogP) is 2.17. The number of aryl methyl sites for hydroxylation is 2. The number of nitrogens with one attached hydrogen (secondary N) is 1. The van der Waals surface area contributed by atoms with Gasteiger partial charge in [0.05, 0.1) is 0 Å². The van der Waals surface area contributed by atoms with Crippen molar-refractivity contribution in [3.05, 3.63) is 29.7 Å². The normalized spacial score (nSPS) is 10.9. The number of rotatable bonds is 6. The van der Waals surface area contributed by atoms with Crippen molar-refractivity contribution in [2.24, 2.45) is 7.05 Å². The van der Waals surface area contributed by atoms with Gasteiger partial charge in [0, 0.05) is 19.8 Å². The lowest BCUT2D eigenvalue weighted by molar-refractivity contribution is 0.672. The molecule has 6 heteroatoms. The van der Waals surface area contributed by atoms with E-state index in [1.54, 1.807) is 18.1 Å². The third kappa shape index (κ3) is 3.78. The molecule has 2 rings (SSSR count). The third-order valence-corrected chi connectivity index (χ3v) is 3.87. The van der Waals surface area contributed by atoms with Gasteiger partial charge in [-0.3, -0.25) is 0 Å². The van der Waals surface area contributed by atoms with Crippen molar-refractivity contribution in [3.8, 4) is 0 Å². The highest BCUT2D eigenvalue weighted by molar-refractivity contribution is 7.99. The van der Waals surface area contributed by atoms with Crippen molar-refractivity contribution >= 4 is 11.8 Å². The van der Waals surface area contributed by atoms with E-state index in [-0.39, 0.29) is 0 Å². The Morgan fingerprint density at radius 2 is 2.26 bits per heavy atom. The van der Waals surface area contributed by atoms with Gasteiger partial charge in [0.2, 0.25) is 0 Å². The van der Waals surface area contributed by atoms with Crippen LogP contribution in [0.25, 0.3) is 0 Å². The summed E-state index contributed by atoms with van der Waals surface area (Å²) >= 11 is 1.54. The topological polar surface area (TPSA) is 55.6 Å². The van der Waals surface area contributed by atoms with E-state index in [0.717, 1.165) is 29.7 Å². The molecule has 2 heterocycles. The summed E-state index contributed by atoms with van der Waals surface area (Å²) in [5.41, 5.74) is 2.39. The van der Waals surface area contributed by atoms with Crippen LogP contribution in [0.3, 0.4) is 0 Å². The van der Waals surface area contributed by atoms with Crippen LogP contribution in [0.2, 0.25) is 0 Å². The van der Waals surface area contributed by atoms with Gasteiger partial charge < -0.3 is 9.88 Å². The Labute approximate surface area is 117 Å². The molecule has 0 bridgehead atoms. The van der Waals surface area contributed by atoms with Gasteiger partial charge in [0.1, 0.15) is 11.4 Å². The van der Waals surface area contributed by atoms with Crippen LogP contribution in [0.4, 0.5) is 0 Å². The quantitative estimate of drug-likeness (QED) is 0.820. The predicted molar refractivity (Wildman–Crippen MR) is 76.1 cm³/mol. The van der Waals surface area contributed by atoms with Gasteiger partial charge in [-0.1, -0.05) is 13.0 Å². The maximum atomic E-state index is 4.51. The van der Waals surface area contributed by atoms with Gasteiger partial charge in [-0.25, -0.2) is 4.98 Å². The van der Waals surface area contributed by atoms with Crippen LogP contribution in [-0.2, 0) is 13.6 Å². The van der Waals surface area contributed by atoms with Crippen molar-refractivity contribution in [3.63, 3.8) is 0 Å². The molecule has 2 aromatic rings. The molecule has 0 aliphatic carbocycles. The molecule has 0 aromatic carbocycles. The Hall–Kier alpha value is -1.40. The van der Waals surface area contributed by atoms with Crippen LogP contribution in [-0.4, -0.2) is 26.3 Å². The number of aromatic nitrogens is 4. The van der Waals surface area contributed by atoms with Crippen LogP contribution in [0.1, 0.15) is 24.5 Å². The zero-order chi connectivity index (χ0) is 13.7. The fourth-order valence-electron chi connectivity index (χ4n) is 1.68. The average Bonchev–Trinajstić information content (AvgIpc) is 2.79. The summed E-state index contributed by atoms with van der Waals surface area (Å²) in [7, 11) is 1.93. The minimum atomic E-state index is 0.854. The molecule has 5 nitrogen and oxygen atoms in total. The van der Waals surface area contributed by atoms with E-state index in [2.05, 4.69) is 40.4 Å². The van der Waals surface area contributed by atoms with E-state index in [1.165, 1.54) is 11.1 Å². The minimum Gasteiger partial charge on any atom is -0.313 e. The number of hydrogen-bond donors (Lipinski definition) is 1. The molecule has 0 unspecified atom stereocenters. The summed E-state index contributed by atoms with van der Waals surface area (Å²) in [6.07, 6.45) is 4.77. The fraction of sp³-hybridized carbons (Fsp3) is 0.462. The number of nitrogens with zero attached hydrogens (tertiary/aromatic N) is 4. The van der Waals surface area contributed by atoms with Crippen molar-refractivity contribution in [2.75, 3.05) is 6.54 Å². The van der Waals surface area contributed by atoms with Gasteiger partial charge in [0.15, 0.2) is 5.16 Å².